The van der Waals surface area contributed by atoms with Crippen LogP contribution < -0.4 is 15.0 Å². The van der Waals surface area contributed by atoms with Crippen LogP contribution in [0.25, 0.3) is 0 Å². The summed E-state index contributed by atoms with van der Waals surface area (Å²) in [6.07, 6.45) is -5.53. The van der Waals surface area contributed by atoms with Crippen LogP contribution in [-0.4, -0.2) is 26.1 Å². The summed E-state index contributed by atoms with van der Waals surface area (Å²) in [7, 11) is 3.28. The van der Waals surface area contributed by atoms with E-state index in [0.29, 0.717) is 11.4 Å². The van der Waals surface area contributed by atoms with Crippen molar-refractivity contribution < 1.29 is 22.7 Å². The zero-order valence-electron chi connectivity index (χ0n) is 14.1. The zero-order chi connectivity index (χ0) is 18.6. The molecule has 0 spiro atoms. The maximum atomic E-state index is 13.3. The Hall–Kier alpha value is -2.70. The van der Waals surface area contributed by atoms with Gasteiger partial charge in [0.15, 0.2) is 6.10 Å². The third-order valence-corrected chi connectivity index (χ3v) is 3.51. The lowest BCUT2D eigenvalue weighted by molar-refractivity contribution is -0.137. The number of alkyl halides is 3. The second kappa shape index (κ2) is 7.46. The molecular formula is C18H19F3N2O2. The van der Waals surface area contributed by atoms with Crippen molar-refractivity contribution in [1.29, 1.82) is 0 Å². The van der Waals surface area contributed by atoms with Gasteiger partial charge in [-0.05, 0) is 37.3 Å². The second-order valence-corrected chi connectivity index (χ2v) is 5.68. The number of nitrogens with zero attached hydrogens (tertiary/aromatic N) is 1. The predicted octanol–water partition coefficient (Wildman–Crippen LogP) is 4.18. The number of nitrogens with one attached hydrogen (secondary N) is 1. The number of hydrogen-bond acceptors (Lipinski definition) is 3. The van der Waals surface area contributed by atoms with Crippen LogP contribution in [-0.2, 0) is 11.0 Å². The summed E-state index contributed by atoms with van der Waals surface area (Å²) in [6.45, 7) is 1.48. The molecule has 0 heterocycles. The van der Waals surface area contributed by atoms with Gasteiger partial charge in [0.25, 0.3) is 5.91 Å². The molecule has 1 unspecified atom stereocenters. The van der Waals surface area contributed by atoms with E-state index in [1.54, 1.807) is 49.3 Å². The Labute approximate surface area is 144 Å². The van der Waals surface area contributed by atoms with Crippen molar-refractivity contribution in [2.45, 2.75) is 19.2 Å². The molecule has 0 aliphatic heterocycles. The van der Waals surface area contributed by atoms with Crippen LogP contribution in [0.1, 0.15) is 12.5 Å². The molecule has 0 aliphatic carbocycles. The van der Waals surface area contributed by atoms with Crippen molar-refractivity contribution in [2.24, 2.45) is 0 Å². The quantitative estimate of drug-likeness (QED) is 0.878. The summed E-state index contributed by atoms with van der Waals surface area (Å²) in [4.78, 5) is 13.8. The largest absolute Gasteiger partial charge is 0.481 e. The van der Waals surface area contributed by atoms with Crippen LogP contribution in [0.2, 0.25) is 0 Å². The molecule has 4 nitrogen and oxygen atoms in total. The normalized spacial score (nSPS) is 12.4. The summed E-state index contributed by atoms with van der Waals surface area (Å²) in [5.41, 5.74) is -0.815. The summed E-state index contributed by atoms with van der Waals surface area (Å²) < 4.78 is 45.3. The number of halogens is 3. The molecule has 1 atom stereocenters. The Balaban J connectivity index is 2.19. The van der Waals surface area contributed by atoms with E-state index in [1.165, 1.54) is 19.1 Å². The summed E-state index contributed by atoms with van der Waals surface area (Å²) in [5, 5.41) is 2.30. The van der Waals surface area contributed by atoms with Gasteiger partial charge in [-0.2, -0.15) is 13.2 Å². The standard InChI is InChI=1S/C18H19F3N2O2/c1-12(25-14-7-5-4-6-8-14)17(24)22-16-10-9-13(23(2)3)11-15(16)18(19,20)21/h4-12H,1-3H3,(H,22,24). The fraction of sp³-hybridized carbons (Fsp3) is 0.278. The highest BCUT2D eigenvalue weighted by atomic mass is 19.4. The van der Waals surface area contributed by atoms with Gasteiger partial charge in [-0.15, -0.1) is 0 Å². The van der Waals surface area contributed by atoms with Crippen LogP contribution in [0.15, 0.2) is 48.5 Å². The number of benzene rings is 2. The Kier molecular flexibility index (Phi) is 5.56. The van der Waals surface area contributed by atoms with Gasteiger partial charge in [-0.3, -0.25) is 4.79 Å². The van der Waals surface area contributed by atoms with Crippen LogP contribution in [0, 0.1) is 0 Å². The summed E-state index contributed by atoms with van der Waals surface area (Å²) in [6, 6.07) is 12.3. The molecule has 0 bridgehead atoms. The molecule has 2 aromatic rings. The number of rotatable bonds is 5. The molecule has 0 aliphatic rings. The number of ether oxygens (including phenoxy) is 1. The van der Waals surface area contributed by atoms with E-state index in [-0.39, 0.29) is 5.69 Å². The van der Waals surface area contributed by atoms with Crippen molar-refractivity contribution in [2.75, 3.05) is 24.3 Å². The molecule has 0 aromatic heterocycles. The third kappa shape index (κ3) is 4.89. The lowest BCUT2D eigenvalue weighted by Crippen LogP contribution is -2.31. The van der Waals surface area contributed by atoms with Crippen molar-refractivity contribution >= 4 is 17.3 Å². The number of carbonyl (C=O) groups is 1. The highest BCUT2D eigenvalue weighted by Crippen LogP contribution is 2.37. The van der Waals surface area contributed by atoms with Crippen LogP contribution in [0.4, 0.5) is 24.5 Å². The van der Waals surface area contributed by atoms with Gasteiger partial charge < -0.3 is 15.0 Å². The first-order valence-electron chi connectivity index (χ1n) is 7.59. The van der Waals surface area contributed by atoms with Gasteiger partial charge >= 0.3 is 6.18 Å². The van der Waals surface area contributed by atoms with Crippen molar-refractivity contribution in [3.8, 4) is 5.75 Å². The maximum absolute atomic E-state index is 13.3. The number of para-hydroxylation sites is 1. The maximum Gasteiger partial charge on any atom is 0.418 e. The molecule has 7 heteroatoms. The minimum Gasteiger partial charge on any atom is -0.481 e. The molecule has 134 valence electrons. The van der Waals surface area contributed by atoms with Crippen molar-refractivity contribution in [3.05, 3.63) is 54.1 Å². The Morgan fingerprint density at radius 1 is 1.12 bits per heavy atom. The van der Waals surface area contributed by atoms with Gasteiger partial charge in [-0.25, -0.2) is 0 Å². The number of carbonyl (C=O) groups excluding carboxylic acids is 1. The fourth-order valence-electron chi connectivity index (χ4n) is 2.15. The van der Waals surface area contributed by atoms with E-state index in [4.69, 9.17) is 4.74 Å². The minimum absolute atomic E-state index is 0.299. The molecule has 1 amide bonds. The topological polar surface area (TPSA) is 41.6 Å². The SMILES string of the molecule is CC(Oc1ccccc1)C(=O)Nc1ccc(N(C)C)cc1C(F)(F)F. The first-order valence-corrected chi connectivity index (χ1v) is 7.59. The number of hydrogen-bond donors (Lipinski definition) is 1. The smallest absolute Gasteiger partial charge is 0.418 e. The number of anilines is 2. The highest BCUT2D eigenvalue weighted by Gasteiger charge is 2.35. The second-order valence-electron chi connectivity index (χ2n) is 5.68. The Bertz CT molecular complexity index is 731. The molecule has 25 heavy (non-hydrogen) atoms. The van der Waals surface area contributed by atoms with E-state index < -0.39 is 23.8 Å². The van der Waals surface area contributed by atoms with E-state index in [1.807, 2.05) is 0 Å². The Morgan fingerprint density at radius 2 is 1.76 bits per heavy atom. The average Bonchev–Trinajstić information content (AvgIpc) is 2.54. The predicted molar refractivity (Wildman–Crippen MR) is 90.9 cm³/mol. The molecule has 0 fully saturated rings. The first kappa shape index (κ1) is 18.6. The average molecular weight is 352 g/mol. The van der Waals surface area contributed by atoms with Crippen molar-refractivity contribution in [3.63, 3.8) is 0 Å². The van der Waals surface area contributed by atoms with Gasteiger partial charge in [0.2, 0.25) is 0 Å². The van der Waals surface area contributed by atoms with Crippen LogP contribution in [0.5, 0.6) is 5.75 Å². The summed E-state index contributed by atoms with van der Waals surface area (Å²) in [5.74, 6) is -0.198. The van der Waals surface area contributed by atoms with Crippen LogP contribution >= 0.6 is 0 Å². The van der Waals surface area contributed by atoms with E-state index >= 15 is 0 Å². The molecule has 0 saturated carbocycles. The highest BCUT2D eigenvalue weighted by molar-refractivity contribution is 5.95. The summed E-state index contributed by atoms with van der Waals surface area (Å²) >= 11 is 0. The van der Waals surface area contributed by atoms with Gasteiger partial charge in [-0.1, -0.05) is 18.2 Å². The molecular weight excluding hydrogens is 333 g/mol. The Morgan fingerprint density at radius 3 is 2.32 bits per heavy atom. The van der Waals surface area contributed by atoms with E-state index in [2.05, 4.69) is 5.32 Å². The van der Waals surface area contributed by atoms with Gasteiger partial charge in [0, 0.05) is 19.8 Å². The monoisotopic (exact) mass is 352 g/mol. The fourth-order valence-corrected chi connectivity index (χ4v) is 2.15. The molecule has 2 rings (SSSR count). The molecule has 1 N–H and O–H groups in total. The number of amides is 1. The van der Waals surface area contributed by atoms with Gasteiger partial charge in [0.1, 0.15) is 5.75 Å². The van der Waals surface area contributed by atoms with Crippen molar-refractivity contribution in [1.82, 2.24) is 0 Å². The molecule has 0 radical (unpaired) electrons. The van der Waals surface area contributed by atoms with E-state index in [9.17, 15) is 18.0 Å². The lowest BCUT2D eigenvalue weighted by atomic mass is 10.1. The molecule has 0 saturated heterocycles. The van der Waals surface area contributed by atoms with E-state index in [0.717, 1.165) is 6.07 Å². The van der Waals surface area contributed by atoms with Gasteiger partial charge in [0.05, 0.1) is 11.3 Å². The molecule has 2 aromatic carbocycles. The lowest BCUT2D eigenvalue weighted by Gasteiger charge is -2.20. The third-order valence-electron chi connectivity index (χ3n) is 3.51. The first-order chi connectivity index (χ1) is 11.7. The minimum atomic E-state index is -4.59. The van der Waals surface area contributed by atoms with Crippen LogP contribution in [0.3, 0.4) is 0 Å². The zero-order valence-corrected chi connectivity index (χ0v) is 14.1.